The summed E-state index contributed by atoms with van der Waals surface area (Å²) >= 11 is 0. The van der Waals surface area contributed by atoms with Crippen molar-refractivity contribution in [3.05, 3.63) is 70.0 Å². The van der Waals surface area contributed by atoms with Crippen molar-refractivity contribution in [3.8, 4) is 0 Å². The summed E-state index contributed by atoms with van der Waals surface area (Å²) in [6, 6.07) is 14.4. The van der Waals surface area contributed by atoms with Gasteiger partial charge >= 0.3 is 5.97 Å². The lowest BCUT2D eigenvalue weighted by atomic mass is 10.1. The fourth-order valence-electron chi connectivity index (χ4n) is 2.51. The van der Waals surface area contributed by atoms with Gasteiger partial charge in [-0.25, -0.2) is 9.78 Å². The van der Waals surface area contributed by atoms with Crippen LogP contribution in [0, 0.1) is 0 Å². The summed E-state index contributed by atoms with van der Waals surface area (Å²) < 4.78 is 0. The van der Waals surface area contributed by atoms with Gasteiger partial charge in [0.1, 0.15) is 0 Å². The molecule has 0 radical (unpaired) electrons. The molecule has 0 saturated heterocycles. The molecule has 2 aromatic carbocycles. The van der Waals surface area contributed by atoms with Gasteiger partial charge in [-0.05, 0) is 30.2 Å². The Hall–Kier alpha value is -3.15. The molecule has 122 valence electrons. The zero-order valence-corrected chi connectivity index (χ0v) is 13.2. The van der Waals surface area contributed by atoms with E-state index in [1.807, 2.05) is 30.3 Å². The maximum atomic E-state index is 12.2. The molecule has 6 nitrogen and oxygen atoms in total. The normalized spacial score (nSPS) is 10.7. The SMILES string of the molecule is CN(CCc1ccccc1)c1nc2cc(C(=O)O)ccc2[nH]c1=O. The van der Waals surface area contributed by atoms with E-state index in [-0.39, 0.29) is 16.9 Å². The summed E-state index contributed by atoms with van der Waals surface area (Å²) in [5.41, 5.74) is 2.00. The minimum atomic E-state index is -1.02. The zero-order chi connectivity index (χ0) is 17.1. The van der Waals surface area contributed by atoms with Crippen molar-refractivity contribution in [2.75, 3.05) is 18.5 Å². The third-order valence-electron chi connectivity index (χ3n) is 3.86. The number of rotatable bonds is 5. The van der Waals surface area contributed by atoms with Crippen molar-refractivity contribution in [1.82, 2.24) is 9.97 Å². The highest BCUT2D eigenvalue weighted by molar-refractivity contribution is 5.92. The average Bonchev–Trinajstić information content (AvgIpc) is 2.59. The Labute approximate surface area is 138 Å². The first-order chi connectivity index (χ1) is 11.5. The number of aromatic amines is 1. The first kappa shape index (κ1) is 15.7. The first-order valence-electron chi connectivity index (χ1n) is 7.57. The number of hydrogen-bond acceptors (Lipinski definition) is 4. The molecule has 0 unspecified atom stereocenters. The van der Waals surface area contributed by atoms with Crippen LogP contribution in [0.2, 0.25) is 0 Å². The Bertz CT molecular complexity index is 935. The van der Waals surface area contributed by atoms with Crippen LogP contribution in [0.1, 0.15) is 15.9 Å². The number of aromatic nitrogens is 2. The van der Waals surface area contributed by atoms with E-state index in [0.29, 0.717) is 17.6 Å². The number of benzene rings is 2. The van der Waals surface area contributed by atoms with Gasteiger partial charge < -0.3 is 15.0 Å². The second-order valence-corrected chi connectivity index (χ2v) is 5.58. The molecule has 0 spiro atoms. The molecule has 3 rings (SSSR count). The number of H-pyrrole nitrogens is 1. The smallest absolute Gasteiger partial charge is 0.335 e. The minimum Gasteiger partial charge on any atom is -0.478 e. The van der Waals surface area contributed by atoms with Gasteiger partial charge in [-0.2, -0.15) is 0 Å². The summed E-state index contributed by atoms with van der Waals surface area (Å²) in [5, 5.41) is 9.08. The van der Waals surface area contributed by atoms with E-state index in [0.717, 1.165) is 6.42 Å². The van der Waals surface area contributed by atoms with Gasteiger partial charge in [-0.15, -0.1) is 0 Å². The van der Waals surface area contributed by atoms with E-state index in [1.54, 1.807) is 18.0 Å². The molecule has 6 heteroatoms. The Morgan fingerprint density at radius 3 is 2.67 bits per heavy atom. The van der Waals surface area contributed by atoms with E-state index in [4.69, 9.17) is 5.11 Å². The number of nitrogens with zero attached hydrogens (tertiary/aromatic N) is 2. The van der Waals surface area contributed by atoms with Crippen molar-refractivity contribution < 1.29 is 9.90 Å². The van der Waals surface area contributed by atoms with Crippen molar-refractivity contribution in [2.24, 2.45) is 0 Å². The van der Waals surface area contributed by atoms with E-state index < -0.39 is 5.97 Å². The maximum Gasteiger partial charge on any atom is 0.335 e. The van der Waals surface area contributed by atoms with Crippen molar-refractivity contribution in [2.45, 2.75) is 6.42 Å². The highest BCUT2D eigenvalue weighted by Gasteiger charge is 2.11. The number of fused-ring (bicyclic) bond motifs is 1. The second-order valence-electron chi connectivity index (χ2n) is 5.58. The van der Waals surface area contributed by atoms with Crippen LogP contribution in [-0.4, -0.2) is 34.6 Å². The fraction of sp³-hybridized carbons (Fsp3) is 0.167. The van der Waals surface area contributed by atoms with Gasteiger partial charge in [-0.3, -0.25) is 4.79 Å². The first-order valence-corrected chi connectivity index (χ1v) is 7.57. The number of likely N-dealkylation sites (N-methyl/N-ethyl adjacent to an activating group) is 1. The molecule has 0 aliphatic rings. The molecule has 1 heterocycles. The van der Waals surface area contributed by atoms with E-state index in [2.05, 4.69) is 9.97 Å². The number of anilines is 1. The van der Waals surface area contributed by atoms with Crippen molar-refractivity contribution in [3.63, 3.8) is 0 Å². The third-order valence-corrected chi connectivity index (χ3v) is 3.86. The van der Waals surface area contributed by atoms with Gasteiger partial charge in [0, 0.05) is 13.6 Å². The lowest BCUT2D eigenvalue weighted by Gasteiger charge is -2.17. The third kappa shape index (κ3) is 3.27. The average molecular weight is 323 g/mol. The number of carboxylic acids is 1. The number of carboxylic acid groups (broad SMARTS) is 1. The van der Waals surface area contributed by atoms with Crippen LogP contribution >= 0.6 is 0 Å². The molecule has 0 atom stereocenters. The molecule has 0 aliphatic heterocycles. The molecule has 1 aromatic heterocycles. The van der Waals surface area contributed by atoms with E-state index in [9.17, 15) is 9.59 Å². The van der Waals surface area contributed by atoms with Gasteiger partial charge in [0.25, 0.3) is 5.56 Å². The van der Waals surface area contributed by atoms with E-state index in [1.165, 1.54) is 17.7 Å². The molecule has 0 saturated carbocycles. The standard InChI is InChI=1S/C18H17N3O3/c1-21(10-9-12-5-3-2-4-6-12)16-17(22)20-14-8-7-13(18(23)24)11-15(14)19-16/h2-8,11H,9-10H2,1H3,(H,20,22)(H,23,24). The molecule has 2 N–H and O–H groups in total. The highest BCUT2D eigenvalue weighted by Crippen LogP contribution is 2.14. The van der Waals surface area contributed by atoms with Crippen LogP contribution in [0.25, 0.3) is 11.0 Å². The highest BCUT2D eigenvalue weighted by atomic mass is 16.4. The molecule has 0 bridgehead atoms. The van der Waals surface area contributed by atoms with Crippen LogP contribution in [0.3, 0.4) is 0 Å². The number of hydrogen-bond donors (Lipinski definition) is 2. The Kier molecular flexibility index (Phi) is 4.29. The van der Waals surface area contributed by atoms with Gasteiger partial charge in [0.05, 0.1) is 16.6 Å². The predicted octanol–water partition coefficient (Wildman–Crippen LogP) is 2.30. The maximum absolute atomic E-state index is 12.2. The summed E-state index contributed by atoms with van der Waals surface area (Å²) in [7, 11) is 1.80. The lowest BCUT2D eigenvalue weighted by Crippen LogP contribution is -2.28. The Morgan fingerprint density at radius 2 is 1.96 bits per heavy atom. The monoisotopic (exact) mass is 323 g/mol. The largest absolute Gasteiger partial charge is 0.478 e. The summed E-state index contributed by atoms with van der Waals surface area (Å²) in [6.07, 6.45) is 0.783. The van der Waals surface area contributed by atoms with Crippen LogP contribution in [0.4, 0.5) is 5.82 Å². The molecule has 3 aromatic rings. The number of nitrogens with one attached hydrogen (secondary N) is 1. The summed E-state index contributed by atoms with van der Waals surface area (Å²) in [4.78, 5) is 32.2. The summed E-state index contributed by atoms with van der Waals surface area (Å²) in [5.74, 6) is -0.746. The number of carbonyl (C=O) groups is 1. The quantitative estimate of drug-likeness (QED) is 0.752. The van der Waals surface area contributed by atoms with Gasteiger partial charge in [0.2, 0.25) is 0 Å². The van der Waals surface area contributed by atoms with Crippen LogP contribution in [0.15, 0.2) is 53.3 Å². The van der Waals surface area contributed by atoms with Gasteiger partial charge in [0.15, 0.2) is 5.82 Å². The second kappa shape index (κ2) is 6.54. The topological polar surface area (TPSA) is 86.3 Å². The molecular formula is C18H17N3O3. The van der Waals surface area contributed by atoms with E-state index >= 15 is 0 Å². The fourth-order valence-corrected chi connectivity index (χ4v) is 2.51. The predicted molar refractivity (Wildman–Crippen MR) is 92.7 cm³/mol. The molecule has 0 aliphatic carbocycles. The van der Waals surface area contributed by atoms with Gasteiger partial charge in [-0.1, -0.05) is 30.3 Å². The Balaban J connectivity index is 1.88. The number of aromatic carboxylic acids is 1. The van der Waals surface area contributed by atoms with Crippen molar-refractivity contribution >= 4 is 22.8 Å². The molecule has 24 heavy (non-hydrogen) atoms. The van der Waals surface area contributed by atoms with Crippen LogP contribution in [-0.2, 0) is 6.42 Å². The minimum absolute atomic E-state index is 0.139. The lowest BCUT2D eigenvalue weighted by molar-refractivity contribution is 0.0697. The molecule has 0 fully saturated rings. The van der Waals surface area contributed by atoms with Crippen LogP contribution in [0.5, 0.6) is 0 Å². The van der Waals surface area contributed by atoms with Crippen LogP contribution < -0.4 is 10.5 Å². The molecular weight excluding hydrogens is 306 g/mol. The Morgan fingerprint density at radius 1 is 1.21 bits per heavy atom. The zero-order valence-electron chi connectivity index (χ0n) is 13.2. The summed E-state index contributed by atoms with van der Waals surface area (Å²) in [6.45, 7) is 0.629. The van der Waals surface area contributed by atoms with Crippen molar-refractivity contribution in [1.29, 1.82) is 0 Å². The molecule has 0 amide bonds.